The van der Waals surface area contributed by atoms with Gasteiger partial charge in [0.15, 0.2) is 0 Å². The van der Waals surface area contributed by atoms with Crippen LogP contribution in [0.2, 0.25) is 0 Å². The summed E-state index contributed by atoms with van der Waals surface area (Å²) in [5, 5.41) is 0. The molecular weight excluding hydrogens is 665 g/mol. The summed E-state index contributed by atoms with van der Waals surface area (Å²) in [6, 6.07) is 49.8. The predicted octanol–water partition coefficient (Wildman–Crippen LogP) is 12.0. The molecule has 0 spiro atoms. The first kappa shape index (κ1) is 37.2. The van der Waals surface area contributed by atoms with E-state index >= 15 is 0 Å². The van der Waals surface area contributed by atoms with Crippen molar-refractivity contribution in [3.05, 3.63) is 188 Å². The highest BCUT2D eigenvalue weighted by Gasteiger charge is 2.16. The lowest BCUT2D eigenvalue weighted by Crippen LogP contribution is -2.02. The second-order valence-corrected chi connectivity index (χ2v) is 13.1. The lowest BCUT2D eigenvalue weighted by atomic mass is 9.86. The standard InChI is InChI=1S/C50H44O4/c1-4-36-20-26-39(27-21-36)42-14-7-16-44(34-42)46-18-9-19-47(50(46)41-30-24-38(25-31-41)13-11-33-54-49(52)6-3)45-17-8-15-43(35-45)40-28-22-37(23-29-40)12-10-32-53-48(51)5-2/h4-9,14-31,34-35H,1-3,10-13,32-33H2. The quantitative estimate of drug-likeness (QED) is 0.0570. The Kier molecular flexibility index (Phi) is 12.6. The van der Waals surface area contributed by atoms with Crippen LogP contribution in [-0.4, -0.2) is 25.2 Å². The van der Waals surface area contributed by atoms with Gasteiger partial charge >= 0.3 is 11.9 Å². The van der Waals surface area contributed by atoms with Crippen LogP contribution in [0, 0.1) is 0 Å². The van der Waals surface area contributed by atoms with Crippen LogP contribution >= 0.6 is 0 Å². The molecule has 0 heterocycles. The summed E-state index contributed by atoms with van der Waals surface area (Å²) >= 11 is 0. The van der Waals surface area contributed by atoms with Crippen LogP contribution in [0.5, 0.6) is 0 Å². The average molecular weight is 709 g/mol. The monoisotopic (exact) mass is 708 g/mol. The van der Waals surface area contributed by atoms with Crippen molar-refractivity contribution in [1.29, 1.82) is 0 Å². The number of hydrogen-bond donors (Lipinski definition) is 0. The normalized spacial score (nSPS) is 10.7. The summed E-state index contributed by atoms with van der Waals surface area (Å²) in [5.41, 5.74) is 14.9. The molecule has 4 nitrogen and oxygen atoms in total. The van der Waals surface area contributed by atoms with E-state index in [9.17, 15) is 9.59 Å². The van der Waals surface area contributed by atoms with Gasteiger partial charge in [-0.05, 0) is 110 Å². The fraction of sp³-hybridized carbons (Fsp3) is 0.120. The van der Waals surface area contributed by atoms with Gasteiger partial charge in [0.2, 0.25) is 0 Å². The SMILES string of the molecule is C=CC(=O)OCCCc1ccc(-c2cccc(-c3cccc(-c4cccc(-c5ccc(C=C)cc5)c4)c3-c3ccc(CCCOC(=O)C=C)cc3)c2)cc1. The van der Waals surface area contributed by atoms with E-state index in [1.807, 2.05) is 6.08 Å². The van der Waals surface area contributed by atoms with E-state index in [4.69, 9.17) is 9.47 Å². The van der Waals surface area contributed by atoms with Gasteiger partial charge in [-0.2, -0.15) is 0 Å². The zero-order valence-electron chi connectivity index (χ0n) is 30.5. The number of rotatable bonds is 16. The summed E-state index contributed by atoms with van der Waals surface area (Å²) in [7, 11) is 0. The van der Waals surface area contributed by atoms with Crippen molar-refractivity contribution in [3.63, 3.8) is 0 Å². The van der Waals surface area contributed by atoms with Crippen molar-refractivity contribution < 1.29 is 19.1 Å². The second-order valence-electron chi connectivity index (χ2n) is 13.1. The van der Waals surface area contributed by atoms with Gasteiger partial charge < -0.3 is 9.47 Å². The summed E-state index contributed by atoms with van der Waals surface area (Å²) < 4.78 is 10.3. The second kappa shape index (κ2) is 18.3. The lowest BCUT2D eigenvalue weighted by Gasteiger charge is -2.18. The lowest BCUT2D eigenvalue weighted by molar-refractivity contribution is -0.138. The number of ether oxygens (including phenoxy) is 2. The largest absolute Gasteiger partial charge is 0.463 e. The highest BCUT2D eigenvalue weighted by Crippen LogP contribution is 2.42. The molecule has 0 fully saturated rings. The van der Waals surface area contributed by atoms with Crippen molar-refractivity contribution in [2.45, 2.75) is 25.7 Å². The molecule has 0 N–H and O–H groups in total. The van der Waals surface area contributed by atoms with Gasteiger partial charge in [-0.15, -0.1) is 0 Å². The van der Waals surface area contributed by atoms with Crippen molar-refractivity contribution in [3.8, 4) is 55.6 Å². The van der Waals surface area contributed by atoms with E-state index < -0.39 is 5.97 Å². The minimum Gasteiger partial charge on any atom is -0.463 e. The number of hydrogen-bond acceptors (Lipinski definition) is 4. The minimum atomic E-state index is -0.394. The minimum absolute atomic E-state index is 0.360. The molecule has 4 heteroatoms. The Morgan fingerprint density at radius 2 is 0.870 bits per heavy atom. The molecule has 6 aromatic rings. The summed E-state index contributed by atoms with van der Waals surface area (Å²) in [5.74, 6) is -0.783. The Labute approximate surface area is 318 Å². The third-order valence-corrected chi connectivity index (χ3v) is 9.46. The highest BCUT2D eigenvalue weighted by molar-refractivity contribution is 5.96. The molecule has 0 aliphatic carbocycles. The van der Waals surface area contributed by atoms with Crippen molar-refractivity contribution in [1.82, 2.24) is 0 Å². The molecule has 0 bridgehead atoms. The molecular formula is C50H44O4. The Morgan fingerprint density at radius 3 is 1.31 bits per heavy atom. The van der Waals surface area contributed by atoms with E-state index in [1.54, 1.807) is 0 Å². The molecule has 0 saturated heterocycles. The van der Waals surface area contributed by atoms with Crippen LogP contribution in [0.15, 0.2) is 171 Å². The van der Waals surface area contributed by atoms with Crippen LogP contribution in [0.3, 0.4) is 0 Å². The van der Waals surface area contributed by atoms with E-state index in [1.165, 1.54) is 23.3 Å². The molecule has 268 valence electrons. The topological polar surface area (TPSA) is 52.6 Å². The number of aryl methyl sites for hydroxylation is 2. The molecule has 0 atom stereocenters. The van der Waals surface area contributed by atoms with Crippen molar-refractivity contribution in [2.75, 3.05) is 13.2 Å². The molecule has 0 aromatic heterocycles. The predicted molar refractivity (Wildman–Crippen MR) is 223 cm³/mol. The van der Waals surface area contributed by atoms with Gasteiger partial charge in [0, 0.05) is 12.2 Å². The fourth-order valence-corrected chi connectivity index (χ4v) is 6.61. The first-order valence-corrected chi connectivity index (χ1v) is 18.3. The van der Waals surface area contributed by atoms with Crippen LogP contribution < -0.4 is 0 Å². The van der Waals surface area contributed by atoms with Crippen LogP contribution in [0.25, 0.3) is 61.7 Å². The molecule has 54 heavy (non-hydrogen) atoms. The molecule has 0 radical (unpaired) electrons. The first-order valence-electron chi connectivity index (χ1n) is 18.3. The Morgan fingerprint density at radius 1 is 0.463 bits per heavy atom. The maximum atomic E-state index is 11.5. The Balaban J connectivity index is 1.34. The molecule has 6 rings (SSSR count). The molecule has 0 aliphatic heterocycles. The molecule has 0 unspecified atom stereocenters. The molecule has 6 aromatic carbocycles. The van der Waals surface area contributed by atoms with Crippen molar-refractivity contribution in [2.24, 2.45) is 0 Å². The van der Waals surface area contributed by atoms with Crippen LogP contribution in [0.1, 0.15) is 29.5 Å². The number of benzene rings is 6. The zero-order valence-corrected chi connectivity index (χ0v) is 30.5. The maximum Gasteiger partial charge on any atom is 0.330 e. The third-order valence-electron chi connectivity index (χ3n) is 9.46. The van der Waals surface area contributed by atoms with E-state index in [0.29, 0.717) is 13.2 Å². The Bertz CT molecular complexity index is 2240. The maximum absolute atomic E-state index is 11.5. The fourth-order valence-electron chi connectivity index (χ4n) is 6.61. The van der Waals surface area contributed by atoms with E-state index in [-0.39, 0.29) is 5.97 Å². The molecule has 0 amide bonds. The van der Waals surface area contributed by atoms with Gasteiger partial charge in [0.1, 0.15) is 0 Å². The van der Waals surface area contributed by atoms with Gasteiger partial charge in [-0.25, -0.2) is 9.59 Å². The average Bonchev–Trinajstić information content (AvgIpc) is 3.24. The van der Waals surface area contributed by atoms with Crippen LogP contribution in [-0.2, 0) is 31.9 Å². The summed E-state index contributed by atoms with van der Waals surface area (Å²) in [6.07, 6.45) is 7.36. The number of esters is 2. The third kappa shape index (κ3) is 9.47. The Hall–Kier alpha value is -6.52. The molecule has 0 saturated carbocycles. The first-order chi connectivity index (χ1) is 26.4. The van der Waals surface area contributed by atoms with Gasteiger partial charge in [0.05, 0.1) is 13.2 Å². The zero-order chi connectivity index (χ0) is 37.7. The highest BCUT2D eigenvalue weighted by atomic mass is 16.5. The molecule has 0 aliphatic rings. The van der Waals surface area contributed by atoms with Crippen molar-refractivity contribution >= 4 is 18.0 Å². The number of carbonyl (C=O) groups excluding carboxylic acids is 2. The smallest absolute Gasteiger partial charge is 0.330 e. The van der Waals surface area contributed by atoms with Crippen LogP contribution in [0.4, 0.5) is 0 Å². The summed E-state index contributed by atoms with van der Waals surface area (Å²) in [6.45, 7) is 11.6. The van der Waals surface area contributed by atoms with Gasteiger partial charge in [-0.3, -0.25) is 0 Å². The number of carbonyl (C=O) groups is 2. The van der Waals surface area contributed by atoms with Gasteiger partial charge in [0.25, 0.3) is 0 Å². The summed E-state index contributed by atoms with van der Waals surface area (Å²) in [4.78, 5) is 22.8. The van der Waals surface area contributed by atoms with Gasteiger partial charge in [-0.1, -0.05) is 153 Å². The van der Waals surface area contributed by atoms with E-state index in [2.05, 4.69) is 159 Å². The van der Waals surface area contributed by atoms with E-state index in [0.717, 1.165) is 86.9 Å².